The highest BCUT2D eigenvalue weighted by Crippen LogP contribution is 2.24. The summed E-state index contributed by atoms with van der Waals surface area (Å²) in [5, 5.41) is 3.61. The van der Waals surface area contributed by atoms with Crippen LogP contribution in [0.5, 0.6) is 5.75 Å². The zero-order valence-electron chi connectivity index (χ0n) is 10.2. The van der Waals surface area contributed by atoms with Crippen molar-refractivity contribution in [3.05, 3.63) is 36.2 Å². The first-order chi connectivity index (χ1) is 9.03. The molecule has 1 heterocycles. The molecule has 0 unspecified atom stereocenters. The molecule has 0 saturated heterocycles. The van der Waals surface area contributed by atoms with E-state index in [0.717, 1.165) is 0 Å². The number of sulfonamides is 1. The number of ether oxygens (including phenoxy) is 1. The highest BCUT2D eigenvalue weighted by atomic mass is 32.2. The van der Waals surface area contributed by atoms with Crippen molar-refractivity contribution in [1.82, 2.24) is 9.88 Å². The summed E-state index contributed by atoms with van der Waals surface area (Å²) in [5.41, 5.74) is 6.50. The maximum Gasteiger partial charge on any atom is 0.241 e. The van der Waals surface area contributed by atoms with Crippen molar-refractivity contribution in [3.63, 3.8) is 0 Å². The van der Waals surface area contributed by atoms with Gasteiger partial charge in [-0.1, -0.05) is 5.16 Å². The molecule has 0 aliphatic rings. The standard InChI is InChI=1S/C11H13N3O4S/c1-17-11-6-9(2-3-10(11)12)19(15,16)13-7-8-4-5-18-14-8/h2-6,13H,7,12H2,1H3. The molecule has 7 nitrogen and oxygen atoms in total. The lowest BCUT2D eigenvalue weighted by Crippen LogP contribution is -2.23. The number of methoxy groups -OCH3 is 1. The average molecular weight is 283 g/mol. The van der Waals surface area contributed by atoms with Crippen molar-refractivity contribution < 1.29 is 17.7 Å². The van der Waals surface area contributed by atoms with E-state index in [1.807, 2.05) is 0 Å². The van der Waals surface area contributed by atoms with Crippen LogP contribution >= 0.6 is 0 Å². The zero-order chi connectivity index (χ0) is 13.9. The number of nitrogens with two attached hydrogens (primary N) is 1. The molecule has 102 valence electrons. The van der Waals surface area contributed by atoms with E-state index >= 15 is 0 Å². The third kappa shape index (κ3) is 3.04. The Bertz CT molecular complexity index is 653. The van der Waals surface area contributed by atoms with Crippen molar-refractivity contribution in [3.8, 4) is 5.75 Å². The summed E-state index contributed by atoms with van der Waals surface area (Å²) in [7, 11) is -2.23. The number of benzene rings is 1. The van der Waals surface area contributed by atoms with Crippen LogP contribution in [-0.2, 0) is 16.6 Å². The number of nitrogen functional groups attached to an aromatic ring is 1. The molecule has 1 aromatic carbocycles. The van der Waals surface area contributed by atoms with Gasteiger partial charge in [-0.25, -0.2) is 13.1 Å². The highest BCUT2D eigenvalue weighted by molar-refractivity contribution is 7.89. The smallest absolute Gasteiger partial charge is 0.241 e. The molecule has 2 rings (SSSR count). The number of nitrogens with zero attached hydrogens (tertiary/aromatic N) is 1. The van der Waals surface area contributed by atoms with Gasteiger partial charge in [-0.3, -0.25) is 0 Å². The van der Waals surface area contributed by atoms with E-state index in [0.29, 0.717) is 17.1 Å². The summed E-state index contributed by atoms with van der Waals surface area (Å²) in [6.07, 6.45) is 1.37. The van der Waals surface area contributed by atoms with E-state index in [9.17, 15) is 8.42 Å². The minimum Gasteiger partial charge on any atom is -0.495 e. The number of nitrogens with one attached hydrogen (secondary N) is 1. The summed E-state index contributed by atoms with van der Waals surface area (Å²) in [6.45, 7) is 0.0471. The molecule has 0 saturated carbocycles. The monoisotopic (exact) mass is 283 g/mol. The molecule has 0 aliphatic carbocycles. The minimum absolute atomic E-state index is 0.0471. The van der Waals surface area contributed by atoms with Crippen LogP contribution in [0.2, 0.25) is 0 Å². The van der Waals surface area contributed by atoms with Crippen molar-refractivity contribution in [1.29, 1.82) is 0 Å². The van der Waals surface area contributed by atoms with Crippen molar-refractivity contribution in [2.24, 2.45) is 0 Å². The largest absolute Gasteiger partial charge is 0.495 e. The number of rotatable bonds is 5. The second kappa shape index (κ2) is 5.29. The summed E-state index contributed by atoms with van der Waals surface area (Å²) in [5.74, 6) is 0.310. The van der Waals surface area contributed by atoms with Gasteiger partial charge in [0, 0.05) is 12.1 Å². The zero-order valence-corrected chi connectivity index (χ0v) is 11.0. The Morgan fingerprint density at radius 2 is 2.21 bits per heavy atom. The van der Waals surface area contributed by atoms with Gasteiger partial charge in [-0.15, -0.1) is 0 Å². The lowest BCUT2D eigenvalue weighted by molar-refractivity contribution is 0.410. The van der Waals surface area contributed by atoms with Crippen LogP contribution in [0, 0.1) is 0 Å². The Morgan fingerprint density at radius 3 is 2.84 bits per heavy atom. The lowest BCUT2D eigenvalue weighted by atomic mass is 10.3. The molecular formula is C11H13N3O4S. The number of anilines is 1. The predicted octanol–water partition coefficient (Wildman–Crippen LogP) is 0.744. The average Bonchev–Trinajstić information content (AvgIpc) is 2.90. The first kappa shape index (κ1) is 13.4. The molecule has 0 spiro atoms. The Morgan fingerprint density at radius 1 is 1.42 bits per heavy atom. The van der Waals surface area contributed by atoms with E-state index in [2.05, 4.69) is 14.4 Å². The second-order valence-electron chi connectivity index (χ2n) is 3.72. The number of hydrogen-bond donors (Lipinski definition) is 2. The van der Waals surface area contributed by atoms with Crippen LogP contribution in [0.15, 0.2) is 39.9 Å². The van der Waals surface area contributed by atoms with Crippen molar-refractivity contribution in [2.75, 3.05) is 12.8 Å². The van der Waals surface area contributed by atoms with Crippen LogP contribution in [-0.4, -0.2) is 20.7 Å². The SMILES string of the molecule is COc1cc(S(=O)(=O)NCc2ccon2)ccc1N. The molecule has 0 aliphatic heterocycles. The van der Waals surface area contributed by atoms with Gasteiger partial charge in [0.2, 0.25) is 10.0 Å². The van der Waals surface area contributed by atoms with E-state index in [1.165, 1.54) is 31.6 Å². The fourth-order valence-electron chi connectivity index (χ4n) is 1.44. The Kier molecular flexibility index (Phi) is 3.72. The maximum atomic E-state index is 12.0. The molecule has 8 heteroatoms. The van der Waals surface area contributed by atoms with Gasteiger partial charge in [0.25, 0.3) is 0 Å². The van der Waals surface area contributed by atoms with Crippen LogP contribution in [0.3, 0.4) is 0 Å². The quantitative estimate of drug-likeness (QED) is 0.784. The molecule has 19 heavy (non-hydrogen) atoms. The summed E-state index contributed by atoms with van der Waals surface area (Å²) in [4.78, 5) is 0.0713. The van der Waals surface area contributed by atoms with Gasteiger partial charge in [0.15, 0.2) is 0 Å². The van der Waals surface area contributed by atoms with Gasteiger partial charge < -0.3 is 15.0 Å². The van der Waals surface area contributed by atoms with Crippen LogP contribution in [0.1, 0.15) is 5.69 Å². The normalized spacial score (nSPS) is 11.4. The lowest BCUT2D eigenvalue weighted by Gasteiger charge is -2.08. The fraction of sp³-hybridized carbons (Fsp3) is 0.182. The van der Waals surface area contributed by atoms with Crippen molar-refractivity contribution in [2.45, 2.75) is 11.4 Å². The summed E-state index contributed by atoms with van der Waals surface area (Å²) < 4.78 is 36.1. The minimum atomic E-state index is -3.65. The summed E-state index contributed by atoms with van der Waals surface area (Å²) in [6, 6.07) is 5.82. The third-order valence-corrected chi connectivity index (χ3v) is 3.85. The molecule has 0 fully saturated rings. The fourth-order valence-corrected chi connectivity index (χ4v) is 2.45. The Balaban J connectivity index is 2.19. The first-order valence-corrected chi connectivity index (χ1v) is 6.83. The molecule has 1 aromatic heterocycles. The van der Waals surface area contributed by atoms with Crippen LogP contribution < -0.4 is 15.2 Å². The number of aromatic nitrogens is 1. The molecule has 0 radical (unpaired) electrons. The van der Waals surface area contributed by atoms with E-state index in [-0.39, 0.29) is 11.4 Å². The Hall–Kier alpha value is -2.06. The van der Waals surface area contributed by atoms with Crippen LogP contribution in [0.25, 0.3) is 0 Å². The van der Waals surface area contributed by atoms with Gasteiger partial charge in [-0.05, 0) is 12.1 Å². The van der Waals surface area contributed by atoms with Crippen LogP contribution in [0.4, 0.5) is 5.69 Å². The van der Waals surface area contributed by atoms with Crippen molar-refractivity contribution >= 4 is 15.7 Å². The molecule has 2 aromatic rings. The van der Waals surface area contributed by atoms with Gasteiger partial charge in [-0.2, -0.15) is 0 Å². The Labute approximate surface area is 110 Å². The van der Waals surface area contributed by atoms with Gasteiger partial charge in [0.05, 0.1) is 29.9 Å². The molecule has 0 amide bonds. The second-order valence-corrected chi connectivity index (χ2v) is 5.49. The topological polar surface area (TPSA) is 107 Å². The predicted molar refractivity (Wildman–Crippen MR) is 67.9 cm³/mol. The maximum absolute atomic E-state index is 12.0. The molecule has 0 atom stereocenters. The molecular weight excluding hydrogens is 270 g/mol. The highest BCUT2D eigenvalue weighted by Gasteiger charge is 2.16. The van der Waals surface area contributed by atoms with E-state index in [4.69, 9.17) is 10.5 Å². The van der Waals surface area contributed by atoms with E-state index < -0.39 is 10.0 Å². The van der Waals surface area contributed by atoms with Gasteiger partial charge in [0.1, 0.15) is 12.0 Å². The van der Waals surface area contributed by atoms with E-state index in [1.54, 1.807) is 6.07 Å². The van der Waals surface area contributed by atoms with Gasteiger partial charge >= 0.3 is 0 Å². The third-order valence-electron chi connectivity index (χ3n) is 2.45. The first-order valence-electron chi connectivity index (χ1n) is 5.35. The molecule has 0 bridgehead atoms. The summed E-state index contributed by atoms with van der Waals surface area (Å²) >= 11 is 0. The molecule has 3 N–H and O–H groups in total. The number of hydrogen-bond acceptors (Lipinski definition) is 6.